The number of methoxy groups -OCH3 is 1. The minimum atomic E-state index is -0.0806. The van der Waals surface area contributed by atoms with E-state index in [0.717, 1.165) is 59.2 Å². The maximum absolute atomic E-state index is 11.7. The number of para-hydroxylation sites is 1. The predicted molar refractivity (Wildman–Crippen MR) is 136 cm³/mol. The third-order valence-electron chi connectivity index (χ3n) is 6.16. The fourth-order valence-corrected chi connectivity index (χ4v) is 4.57. The van der Waals surface area contributed by atoms with Gasteiger partial charge in [-0.2, -0.15) is 5.10 Å². The summed E-state index contributed by atoms with van der Waals surface area (Å²) in [5.74, 6) is 2.35. The molecule has 178 valence electrons. The van der Waals surface area contributed by atoms with E-state index in [1.54, 1.807) is 13.4 Å². The Morgan fingerprint density at radius 2 is 2.06 bits per heavy atom. The number of carbonyl (C=O) groups excluding carboxylic acids is 1. The van der Waals surface area contributed by atoms with Crippen molar-refractivity contribution in [1.29, 1.82) is 0 Å². The first kappa shape index (κ1) is 22.6. The number of aromatic nitrogens is 5. The van der Waals surface area contributed by atoms with Gasteiger partial charge in [0.1, 0.15) is 11.6 Å². The molecule has 1 atom stereocenters. The number of carbonyl (C=O) groups is 1. The monoisotopic (exact) mass is 468 g/mol. The summed E-state index contributed by atoms with van der Waals surface area (Å²) in [6, 6.07) is 14.0. The van der Waals surface area contributed by atoms with Crippen molar-refractivity contribution in [2.24, 2.45) is 0 Å². The first-order valence-corrected chi connectivity index (χ1v) is 11.7. The molecule has 1 amide bonds. The van der Waals surface area contributed by atoms with Crippen molar-refractivity contribution in [2.75, 3.05) is 12.4 Å². The van der Waals surface area contributed by atoms with Crippen LogP contribution in [-0.4, -0.2) is 37.3 Å². The molecule has 0 bridgehead atoms. The standard InChI is InChI=1S/C27H28N6O2/c1-18-16-32(17-28-18)24-12-10-20(15-25(24)35-3)11-13-26-30-27-22(8-6-14-33(27)31-26)21-7-4-5-9-23(21)29-19(2)34/h4-5,7,9-13,15-17,22H,6,8,14H2,1-3H3,(H,29,34)/b13-11+/t22-/m1/s1. The lowest BCUT2D eigenvalue weighted by Crippen LogP contribution is -2.19. The second-order valence-corrected chi connectivity index (χ2v) is 8.70. The first-order valence-electron chi connectivity index (χ1n) is 11.7. The third-order valence-corrected chi connectivity index (χ3v) is 6.16. The van der Waals surface area contributed by atoms with E-state index in [-0.39, 0.29) is 11.8 Å². The molecular weight excluding hydrogens is 440 g/mol. The number of hydrogen-bond acceptors (Lipinski definition) is 5. The van der Waals surface area contributed by atoms with Gasteiger partial charge in [0, 0.05) is 31.3 Å². The van der Waals surface area contributed by atoms with E-state index in [4.69, 9.17) is 14.8 Å². The molecule has 0 saturated heterocycles. The summed E-state index contributed by atoms with van der Waals surface area (Å²) in [6.07, 6.45) is 9.64. The summed E-state index contributed by atoms with van der Waals surface area (Å²) in [4.78, 5) is 20.9. The minimum Gasteiger partial charge on any atom is -0.495 e. The van der Waals surface area contributed by atoms with E-state index >= 15 is 0 Å². The molecule has 5 rings (SSSR count). The number of benzene rings is 2. The number of anilines is 1. The van der Waals surface area contributed by atoms with Crippen LogP contribution in [0.4, 0.5) is 5.69 Å². The maximum atomic E-state index is 11.7. The van der Waals surface area contributed by atoms with Crippen molar-refractivity contribution >= 4 is 23.7 Å². The molecule has 4 aromatic rings. The Morgan fingerprint density at radius 3 is 2.83 bits per heavy atom. The van der Waals surface area contributed by atoms with E-state index in [2.05, 4.69) is 16.4 Å². The van der Waals surface area contributed by atoms with E-state index < -0.39 is 0 Å². The van der Waals surface area contributed by atoms with Crippen LogP contribution in [0.25, 0.3) is 17.8 Å². The van der Waals surface area contributed by atoms with Gasteiger partial charge in [-0.3, -0.25) is 4.79 Å². The lowest BCUT2D eigenvalue weighted by molar-refractivity contribution is -0.114. The van der Waals surface area contributed by atoms with Crippen LogP contribution in [0.3, 0.4) is 0 Å². The van der Waals surface area contributed by atoms with Crippen molar-refractivity contribution in [1.82, 2.24) is 24.3 Å². The van der Waals surface area contributed by atoms with Crippen LogP contribution >= 0.6 is 0 Å². The quantitative estimate of drug-likeness (QED) is 0.438. The summed E-state index contributed by atoms with van der Waals surface area (Å²) in [5.41, 5.74) is 4.77. The number of aryl methyl sites for hydroxylation is 2. The average molecular weight is 469 g/mol. The second-order valence-electron chi connectivity index (χ2n) is 8.70. The highest BCUT2D eigenvalue weighted by atomic mass is 16.5. The number of amides is 1. The molecule has 0 spiro atoms. The van der Waals surface area contributed by atoms with Crippen LogP contribution in [0.1, 0.15) is 54.2 Å². The molecular formula is C27H28N6O2. The first-order chi connectivity index (χ1) is 17.0. The molecule has 3 heterocycles. The molecule has 0 unspecified atom stereocenters. The molecule has 0 saturated carbocycles. The SMILES string of the molecule is COc1cc(/C=C/c2nc3n(n2)CCC[C@@H]3c2ccccc2NC(C)=O)ccc1-n1cnc(C)c1. The largest absolute Gasteiger partial charge is 0.495 e. The lowest BCUT2D eigenvalue weighted by Gasteiger charge is -2.24. The number of ether oxygens (including phenoxy) is 1. The summed E-state index contributed by atoms with van der Waals surface area (Å²) < 4.78 is 9.56. The van der Waals surface area contributed by atoms with Crippen LogP contribution in [0, 0.1) is 6.92 Å². The Labute approximate surface area is 204 Å². The average Bonchev–Trinajstić information content (AvgIpc) is 3.48. The fraction of sp³-hybridized carbons (Fsp3) is 0.259. The predicted octanol–water partition coefficient (Wildman–Crippen LogP) is 4.84. The van der Waals surface area contributed by atoms with Crippen LogP contribution in [-0.2, 0) is 11.3 Å². The highest BCUT2D eigenvalue weighted by molar-refractivity contribution is 5.89. The van der Waals surface area contributed by atoms with Crippen molar-refractivity contribution in [2.45, 2.75) is 39.2 Å². The summed E-state index contributed by atoms with van der Waals surface area (Å²) in [5, 5.41) is 7.69. The number of fused-ring (bicyclic) bond motifs is 1. The normalized spacial score (nSPS) is 15.2. The Kier molecular flexibility index (Phi) is 6.18. The Balaban J connectivity index is 1.41. The van der Waals surface area contributed by atoms with E-state index in [9.17, 15) is 4.79 Å². The molecule has 0 radical (unpaired) electrons. The summed E-state index contributed by atoms with van der Waals surface area (Å²) in [7, 11) is 1.67. The van der Waals surface area contributed by atoms with Gasteiger partial charge in [-0.05, 0) is 55.2 Å². The zero-order valence-electron chi connectivity index (χ0n) is 20.1. The number of nitrogens with one attached hydrogen (secondary N) is 1. The zero-order valence-corrected chi connectivity index (χ0v) is 20.1. The number of hydrogen-bond donors (Lipinski definition) is 1. The van der Waals surface area contributed by atoms with Gasteiger partial charge in [-0.25, -0.2) is 14.6 Å². The van der Waals surface area contributed by atoms with Crippen LogP contribution in [0.5, 0.6) is 5.75 Å². The fourth-order valence-electron chi connectivity index (χ4n) is 4.57. The second kappa shape index (κ2) is 9.58. The van der Waals surface area contributed by atoms with Gasteiger partial charge in [-0.1, -0.05) is 30.3 Å². The molecule has 1 aliphatic heterocycles. The van der Waals surface area contributed by atoms with Gasteiger partial charge in [0.15, 0.2) is 5.82 Å². The van der Waals surface area contributed by atoms with Gasteiger partial charge in [0.05, 0.1) is 24.8 Å². The van der Waals surface area contributed by atoms with Gasteiger partial charge < -0.3 is 14.6 Å². The van der Waals surface area contributed by atoms with E-state index in [1.165, 1.54) is 6.92 Å². The van der Waals surface area contributed by atoms with E-state index in [1.807, 2.05) is 70.9 Å². The van der Waals surface area contributed by atoms with Crippen LogP contribution in [0.2, 0.25) is 0 Å². The van der Waals surface area contributed by atoms with Crippen LogP contribution < -0.4 is 10.1 Å². The topological polar surface area (TPSA) is 86.9 Å². The third kappa shape index (κ3) is 4.73. The lowest BCUT2D eigenvalue weighted by atomic mass is 9.90. The molecule has 1 N–H and O–H groups in total. The number of nitrogens with zero attached hydrogens (tertiary/aromatic N) is 5. The van der Waals surface area contributed by atoms with Crippen molar-refractivity contribution in [3.63, 3.8) is 0 Å². The van der Waals surface area contributed by atoms with Gasteiger partial charge in [-0.15, -0.1) is 0 Å². The number of rotatable bonds is 6. The Morgan fingerprint density at radius 1 is 1.20 bits per heavy atom. The highest BCUT2D eigenvalue weighted by Gasteiger charge is 2.27. The Bertz CT molecular complexity index is 1400. The molecule has 2 aromatic carbocycles. The van der Waals surface area contributed by atoms with Gasteiger partial charge >= 0.3 is 0 Å². The molecule has 35 heavy (non-hydrogen) atoms. The Hall–Kier alpha value is -4.20. The highest BCUT2D eigenvalue weighted by Crippen LogP contribution is 2.36. The van der Waals surface area contributed by atoms with Crippen molar-refractivity contribution in [3.05, 3.63) is 83.5 Å². The zero-order chi connectivity index (χ0) is 24.4. The van der Waals surface area contributed by atoms with E-state index in [0.29, 0.717) is 5.82 Å². The summed E-state index contributed by atoms with van der Waals surface area (Å²) >= 11 is 0. The smallest absolute Gasteiger partial charge is 0.221 e. The molecule has 8 heteroatoms. The molecule has 8 nitrogen and oxygen atoms in total. The van der Waals surface area contributed by atoms with Gasteiger partial charge in [0.25, 0.3) is 0 Å². The maximum Gasteiger partial charge on any atom is 0.221 e. The van der Waals surface area contributed by atoms with Gasteiger partial charge in [0.2, 0.25) is 5.91 Å². The number of imidazole rings is 1. The van der Waals surface area contributed by atoms with Crippen molar-refractivity contribution in [3.8, 4) is 11.4 Å². The molecule has 1 aliphatic rings. The summed E-state index contributed by atoms with van der Waals surface area (Å²) in [6.45, 7) is 4.32. The molecule has 0 fully saturated rings. The van der Waals surface area contributed by atoms with Crippen molar-refractivity contribution < 1.29 is 9.53 Å². The molecule has 0 aliphatic carbocycles. The minimum absolute atomic E-state index is 0.0806. The van der Waals surface area contributed by atoms with Crippen LogP contribution in [0.15, 0.2) is 55.0 Å². The molecule has 2 aromatic heterocycles.